The molecular weight excluding hydrogens is 488 g/mol. The first kappa shape index (κ1) is 29.5. The fourth-order valence-electron chi connectivity index (χ4n) is 4.87. The summed E-state index contributed by atoms with van der Waals surface area (Å²) in [6.07, 6.45) is 0.751. The van der Waals surface area contributed by atoms with Crippen LogP contribution < -0.4 is 0 Å². The van der Waals surface area contributed by atoms with Crippen LogP contribution in [0.1, 0.15) is 72.4 Å². The number of rotatable bonds is 6. The summed E-state index contributed by atoms with van der Waals surface area (Å²) in [4.78, 5) is 43.1. The van der Waals surface area contributed by atoms with E-state index < -0.39 is 41.4 Å². The van der Waals surface area contributed by atoms with Crippen molar-refractivity contribution in [2.24, 2.45) is 0 Å². The second kappa shape index (κ2) is 11.8. The van der Waals surface area contributed by atoms with Crippen molar-refractivity contribution in [2.75, 3.05) is 26.3 Å². The number of aryl methyl sites for hydroxylation is 1. The van der Waals surface area contributed by atoms with E-state index in [4.69, 9.17) is 19.3 Å². The minimum atomic E-state index is -0.756. The van der Waals surface area contributed by atoms with Crippen molar-refractivity contribution in [1.29, 1.82) is 0 Å². The number of nitrogens with zero attached hydrogens (tertiary/aromatic N) is 2. The molecule has 2 amide bonds. The number of piperazine rings is 1. The maximum absolute atomic E-state index is 13.4. The predicted molar refractivity (Wildman–Crippen MR) is 143 cm³/mol. The van der Waals surface area contributed by atoms with Crippen LogP contribution in [0.5, 0.6) is 0 Å². The maximum atomic E-state index is 13.4. The minimum absolute atomic E-state index is 0.0802. The van der Waals surface area contributed by atoms with Gasteiger partial charge in [0.1, 0.15) is 11.2 Å². The Kier molecular flexibility index (Phi) is 9.13. The van der Waals surface area contributed by atoms with Gasteiger partial charge in [-0.3, -0.25) is 4.90 Å². The Hall–Kier alpha value is -3.07. The van der Waals surface area contributed by atoms with Crippen molar-refractivity contribution < 1.29 is 33.7 Å². The molecule has 2 bridgehead atoms. The van der Waals surface area contributed by atoms with Crippen molar-refractivity contribution in [3.8, 4) is 0 Å². The average molecular weight is 531 g/mol. The van der Waals surface area contributed by atoms with E-state index in [9.17, 15) is 14.4 Å². The SMILES string of the molecule is CCOC(=O)C1=C(c2ccc(CCCO)cc2)CC2CN(C(=O)OC(C)(C)C)CC1N2C(=O)OC(C)(C)C. The van der Waals surface area contributed by atoms with E-state index in [1.807, 2.05) is 24.3 Å². The van der Waals surface area contributed by atoms with E-state index in [-0.39, 0.29) is 26.3 Å². The van der Waals surface area contributed by atoms with Crippen molar-refractivity contribution in [3.63, 3.8) is 0 Å². The number of benzene rings is 1. The zero-order valence-electron chi connectivity index (χ0n) is 23.7. The molecule has 1 saturated heterocycles. The zero-order valence-corrected chi connectivity index (χ0v) is 23.7. The molecule has 0 aromatic heterocycles. The number of aliphatic hydroxyl groups excluding tert-OH is 1. The Bertz CT molecular complexity index is 1050. The van der Waals surface area contributed by atoms with Gasteiger partial charge in [0.15, 0.2) is 0 Å². The van der Waals surface area contributed by atoms with Crippen molar-refractivity contribution in [1.82, 2.24) is 9.80 Å². The molecule has 1 fully saturated rings. The van der Waals surface area contributed by atoms with E-state index in [1.165, 1.54) is 0 Å². The van der Waals surface area contributed by atoms with Crippen molar-refractivity contribution in [3.05, 3.63) is 41.0 Å². The second-order valence-corrected chi connectivity index (χ2v) is 11.8. The molecule has 1 aromatic rings. The van der Waals surface area contributed by atoms with Crippen molar-refractivity contribution in [2.45, 2.75) is 91.0 Å². The smallest absolute Gasteiger partial charge is 0.411 e. The van der Waals surface area contributed by atoms with Gasteiger partial charge in [0.25, 0.3) is 0 Å². The lowest BCUT2D eigenvalue weighted by Gasteiger charge is -2.50. The standard InChI is InChI=1S/C29H42N2O7/c1-8-36-25(33)24-22(20-13-11-19(12-14-20)10-9-15-32)16-21-17-30(26(34)37-28(2,3)4)18-23(24)31(21)27(35)38-29(5,6)7/h11-14,21,23,32H,8-10,15-18H2,1-7H3. The van der Waals surface area contributed by atoms with Crippen LogP contribution in [0, 0.1) is 0 Å². The first-order valence-electron chi connectivity index (χ1n) is 13.3. The number of aliphatic hydroxyl groups is 1. The molecule has 1 N–H and O–H groups in total. The topological polar surface area (TPSA) is 106 Å². The molecule has 0 spiro atoms. The molecule has 3 rings (SSSR count). The van der Waals surface area contributed by atoms with Crippen LogP contribution in [0.3, 0.4) is 0 Å². The molecule has 1 aromatic carbocycles. The Morgan fingerprint density at radius 1 is 0.947 bits per heavy atom. The lowest BCUT2D eigenvalue weighted by molar-refractivity contribution is -0.140. The Balaban J connectivity index is 2.08. The van der Waals surface area contributed by atoms with E-state index in [1.54, 1.807) is 58.3 Å². The van der Waals surface area contributed by atoms with Crippen molar-refractivity contribution >= 4 is 23.7 Å². The molecule has 0 radical (unpaired) electrons. The average Bonchev–Trinajstić information content (AvgIpc) is 2.79. The normalized spacial score (nSPS) is 19.8. The fourth-order valence-corrected chi connectivity index (χ4v) is 4.87. The molecule has 2 aliphatic rings. The first-order chi connectivity index (χ1) is 17.7. The molecule has 2 heterocycles. The highest BCUT2D eigenvalue weighted by Crippen LogP contribution is 2.40. The molecule has 2 atom stereocenters. The van der Waals surface area contributed by atoms with E-state index in [2.05, 4.69) is 0 Å². The molecule has 2 aliphatic heterocycles. The number of hydrogen-bond acceptors (Lipinski definition) is 7. The van der Waals surface area contributed by atoms with Crippen LogP contribution >= 0.6 is 0 Å². The van der Waals surface area contributed by atoms with Gasteiger partial charge < -0.3 is 24.2 Å². The summed E-state index contributed by atoms with van der Waals surface area (Å²) in [5.74, 6) is -0.519. The number of carbonyl (C=O) groups excluding carboxylic acids is 3. The van der Waals surface area contributed by atoms with Gasteiger partial charge in [-0.15, -0.1) is 0 Å². The molecule has 0 saturated carbocycles. The van der Waals surface area contributed by atoms with Gasteiger partial charge in [0.2, 0.25) is 0 Å². The highest BCUT2D eigenvalue weighted by molar-refractivity contribution is 6.01. The number of esters is 1. The van der Waals surface area contributed by atoms with Gasteiger partial charge in [-0.1, -0.05) is 24.3 Å². The third kappa shape index (κ3) is 7.28. The number of hydrogen-bond donors (Lipinski definition) is 1. The van der Waals surface area contributed by atoms with Crippen LogP contribution in [0.2, 0.25) is 0 Å². The van der Waals surface area contributed by atoms with Crippen LogP contribution in [0.15, 0.2) is 29.8 Å². The predicted octanol–water partition coefficient (Wildman–Crippen LogP) is 4.56. The Morgan fingerprint density at radius 3 is 2.11 bits per heavy atom. The van der Waals surface area contributed by atoms with E-state index in [0.717, 1.165) is 23.1 Å². The summed E-state index contributed by atoms with van der Waals surface area (Å²) in [7, 11) is 0. The van der Waals surface area contributed by atoms with Gasteiger partial charge in [-0.25, -0.2) is 14.4 Å². The first-order valence-corrected chi connectivity index (χ1v) is 13.3. The Morgan fingerprint density at radius 2 is 1.55 bits per heavy atom. The van der Waals surface area contributed by atoms with E-state index in [0.29, 0.717) is 18.4 Å². The summed E-state index contributed by atoms with van der Waals surface area (Å²) >= 11 is 0. The summed E-state index contributed by atoms with van der Waals surface area (Å²) in [5, 5.41) is 9.15. The summed E-state index contributed by atoms with van der Waals surface area (Å²) < 4.78 is 16.8. The monoisotopic (exact) mass is 530 g/mol. The summed E-state index contributed by atoms with van der Waals surface area (Å²) in [5.41, 5.74) is 1.70. The highest BCUT2D eigenvalue weighted by Gasteiger charge is 2.49. The van der Waals surface area contributed by atoms with Gasteiger partial charge in [-0.2, -0.15) is 0 Å². The fraction of sp³-hybridized carbons (Fsp3) is 0.621. The lowest BCUT2D eigenvalue weighted by Crippen LogP contribution is -2.65. The lowest BCUT2D eigenvalue weighted by atomic mass is 9.82. The molecular formula is C29H42N2O7. The minimum Gasteiger partial charge on any atom is -0.463 e. The second-order valence-electron chi connectivity index (χ2n) is 11.8. The largest absolute Gasteiger partial charge is 0.463 e. The molecule has 0 aliphatic carbocycles. The van der Waals surface area contributed by atoms with Gasteiger partial charge in [0, 0.05) is 19.7 Å². The zero-order chi connectivity index (χ0) is 28.3. The maximum Gasteiger partial charge on any atom is 0.411 e. The molecule has 210 valence electrons. The molecule has 9 nitrogen and oxygen atoms in total. The molecule has 2 unspecified atom stereocenters. The van der Waals surface area contributed by atoms with Gasteiger partial charge >= 0.3 is 18.2 Å². The van der Waals surface area contributed by atoms with Crippen LogP contribution in [0.25, 0.3) is 5.57 Å². The van der Waals surface area contributed by atoms with Gasteiger partial charge in [-0.05, 0) is 84.4 Å². The van der Waals surface area contributed by atoms with Crippen LogP contribution in [-0.4, -0.2) is 82.7 Å². The van der Waals surface area contributed by atoms with E-state index >= 15 is 0 Å². The summed E-state index contributed by atoms with van der Waals surface area (Å²) in [6.45, 7) is 13.1. The van der Waals surface area contributed by atoms with Gasteiger partial charge in [0.05, 0.1) is 24.3 Å². The molecule has 9 heteroatoms. The quantitative estimate of drug-likeness (QED) is 0.425. The Labute approximate surface area is 225 Å². The third-order valence-corrected chi connectivity index (χ3v) is 6.33. The number of amides is 2. The highest BCUT2D eigenvalue weighted by atomic mass is 16.6. The number of carbonyl (C=O) groups is 3. The number of ether oxygens (including phenoxy) is 3. The molecule has 38 heavy (non-hydrogen) atoms. The number of fused-ring (bicyclic) bond motifs is 2. The van der Waals surface area contributed by atoms with Crippen LogP contribution in [-0.2, 0) is 25.4 Å². The third-order valence-electron chi connectivity index (χ3n) is 6.33. The van der Waals surface area contributed by atoms with Crippen LogP contribution in [0.4, 0.5) is 9.59 Å². The summed E-state index contributed by atoms with van der Waals surface area (Å²) in [6, 6.07) is 6.73.